The number of carbonyl (C=O) groups is 2. The van der Waals surface area contributed by atoms with Crippen LogP contribution in [0.25, 0.3) is 0 Å². The van der Waals surface area contributed by atoms with E-state index >= 15 is 4.39 Å². The summed E-state index contributed by atoms with van der Waals surface area (Å²) in [4.78, 5) is 28.0. The number of pyridine rings is 1. The highest BCUT2D eigenvalue weighted by Gasteiger charge is 2.33. The summed E-state index contributed by atoms with van der Waals surface area (Å²) in [7, 11) is 0. The first kappa shape index (κ1) is 20.4. The van der Waals surface area contributed by atoms with Crippen molar-refractivity contribution in [3.63, 3.8) is 0 Å². The number of benzene rings is 2. The lowest BCUT2D eigenvalue weighted by Crippen LogP contribution is -2.18. The van der Waals surface area contributed by atoms with Crippen LogP contribution in [0.15, 0.2) is 42.6 Å². The molecule has 0 unspecified atom stereocenters. The van der Waals surface area contributed by atoms with Crippen molar-refractivity contribution >= 4 is 17.5 Å². The Hall–Kier alpha value is -4.22. The number of alkyl halides is 3. The average molecular weight is 484 g/mol. The first-order valence-corrected chi connectivity index (χ1v) is 9.21. The van der Waals surface area contributed by atoms with Crippen LogP contribution in [0, 0.1) is 25.4 Å². The van der Waals surface area contributed by atoms with Crippen LogP contribution in [-0.4, -0.2) is 23.2 Å². The highest BCUT2D eigenvalue weighted by Crippen LogP contribution is 2.36. The van der Waals surface area contributed by atoms with Crippen molar-refractivity contribution in [1.29, 1.82) is 0 Å². The van der Waals surface area contributed by atoms with Gasteiger partial charge in [0.25, 0.3) is 11.8 Å². The van der Waals surface area contributed by atoms with E-state index in [0.717, 1.165) is 18.3 Å². The number of amides is 2. The van der Waals surface area contributed by atoms with Gasteiger partial charge in [0, 0.05) is 21.6 Å². The molecule has 0 aliphatic rings. The molecule has 3 N–H and O–H groups in total. The van der Waals surface area contributed by atoms with Crippen molar-refractivity contribution in [2.24, 2.45) is 5.73 Å². The molecule has 1 aromatic heterocycles. The summed E-state index contributed by atoms with van der Waals surface area (Å²) in [6.45, 7) is -2.03. The highest BCUT2D eigenvalue weighted by atomic mass is 19.4. The summed E-state index contributed by atoms with van der Waals surface area (Å²) in [5.74, 6) is -7.83. The molecule has 7 nitrogen and oxygen atoms in total. The molecule has 0 aliphatic carbocycles. The minimum Gasteiger partial charge on any atom is -0.456 e. The largest absolute Gasteiger partial charge is 0.573 e. The van der Waals surface area contributed by atoms with Crippen LogP contribution in [0.4, 0.5) is 27.6 Å². The van der Waals surface area contributed by atoms with Crippen LogP contribution < -0.4 is 20.5 Å². The second-order valence-corrected chi connectivity index (χ2v) is 6.72. The molecular formula is C22H16F5N3O4. The van der Waals surface area contributed by atoms with Gasteiger partial charge in [0.1, 0.15) is 28.6 Å². The van der Waals surface area contributed by atoms with Crippen LogP contribution in [0.3, 0.4) is 0 Å². The SMILES string of the molecule is [2H]C([2H])([2H])c1c(Oc2ccc(C)c(F)c2C(=O)Nc2ccnc(C(N)=O)c2)ccc(OC(F)(F)F)c1F. The van der Waals surface area contributed by atoms with Gasteiger partial charge in [-0.05, 0) is 49.7 Å². The monoisotopic (exact) mass is 484 g/mol. The van der Waals surface area contributed by atoms with Crippen LogP contribution in [0.1, 0.15) is 36.1 Å². The van der Waals surface area contributed by atoms with E-state index in [4.69, 9.17) is 14.6 Å². The Morgan fingerprint density at radius 2 is 1.74 bits per heavy atom. The molecule has 0 atom stereocenters. The zero-order valence-corrected chi connectivity index (χ0v) is 17.1. The number of aryl methyl sites for hydroxylation is 1. The van der Waals surface area contributed by atoms with Gasteiger partial charge in [0.2, 0.25) is 0 Å². The van der Waals surface area contributed by atoms with Crippen molar-refractivity contribution in [2.75, 3.05) is 5.32 Å². The lowest BCUT2D eigenvalue weighted by Gasteiger charge is -2.17. The lowest BCUT2D eigenvalue weighted by molar-refractivity contribution is -0.275. The molecule has 0 fully saturated rings. The van der Waals surface area contributed by atoms with Gasteiger partial charge in [0.15, 0.2) is 11.6 Å². The molecule has 0 bridgehead atoms. The van der Waals surface area contributed by atoms with Crippen molar-refractivity contribution in [3.05, 3.63) is 76.6 Å². The maximum atomic E-state index is 15.0. The fraction of sp³-hybridized carbons (Fsp3) is 0.136. The zero-order chi connectivity index (χ0) is 27.7. The van der Waals surface area contributed by atoms with Gasteiger partial charge in [-0.25, -0.2) is 8.78 Å². The fourth-order valence-electron chi connectivity index (χ4n) is 2.74. The predicted octanol–water partition coefficient (Wildman–Crippen LogP) is 5.02. The number of carbonyl (C=O) groups excluding carboxylic acids is 2. The third-order valence-corrected chi connectivity index (χ3v) is 4.31. The normalized spacial score (nSPS) is 12.8. The topological polar surface area (TPSA) is 104 Å². The first-order valence-electron chi connectivity index (χ1n) is 10.7. The quantitative estimate of drug-likeness (QED) is 0.479. The molecular weight excluding hydrogens is 465 g/mol. The van der Waals surface area contributed by atoms with Crippen LogP contribution in [0.5, 0.6) is 17.2 Å². The Bertz CT molecular complexity index is 1380. The standard InChI is InChI=1S/C22H16F5N3O4/c1-10-3-4-15(33-14-5-6-16(19(24)11(14)2)34-22(25,26)27)17(18(10)23)21(32)30-12-7-8-29-13(9-12)20(28)31/h3-9H,1-2H3,(H2,28,31)(H,29,30,32)/i2D3. The predicted molar refractivity (Wildman–Crippen MR) is 110 cm³/mol. The number of ether oxygens (including phenoxy) is 2. The van der Waals surface area contributed by atoms with Gasteiger partial charge in [-0.15, -0.1) is 13.2 Å². The number of hydrogen-bond donors (Lipinski definition) is 2. The van der Waals surface area contributed by atoms with Gasteiger partial charge >= 0.3 is 6.36 Å². The average Bonchev–Trinajstić information content (AvgIpc) is 2.76. The van der Waals surface area contributed by atoms with Gasteiger partial charge in [-0.2, -0.15) is 0 Å². The lowest BCUT2D eigenvalue weighted by atomic mass is 10.1. The van der Waals surface area contributed by atoms with E-state index in [0.29, 0.717) is 12.1 Å². The number of nitrogens with zero attached hydrogens (tertiary/aromatic N) is 1. The number of primary amides is 1. The number of anilines is 1. The smallest absolute Gasteiger partial charge is 0.456 e. The summed E-state index contributed by atoms with van der Waals surface area (Å²) < 4.78 is 99.1. The summed E-state index contributed by atoms with van der Waals surface area (Å²) in [5, 5.41) is 2.30. The molecule has 178 valence electrons. The number of nitrogens with one attached hydrogen (secondary N) is 1. The molecule has 2 amide bonds. The second-order valence-electron chi connectivity index (χ2n) is 6.72. The molecule has 3 aromatic rings. The van der Waals surface area contributed by atoms with Crippen LogP contribution in [-0.2, 0) is 0 Å². The summed E-state index contributed by atoms with van der Waals surface area (Å²) in [5.41, 5.74) is 2.86. The summed E-state index contributed by atoms with van der Waals surface area (Å²) in [6, 6.07) is 5.77. The first-order chi connectivity index (χ1) is 17.1. The molecule has 3 rings (SSSR count). The van der Waals surface area contributed by atoms with E-state index in [2.05, 4.69) is 15.0 Å². The highest BCUT2D eigenvalue weighted by molar-refractivity contribution is 6.07. The molecule has 0 saturated heterocycles. The number of hydrogen-bond acceptors (Lipinski definition) is 5. The molecule has 0 radical (unpaired) electrons. The van der Waals surface area contributed by atoms with Gasteiger partial charge in [-0.3, -0.25) is 14.6 Å². The maximum absolute atomic E-state index is 15.0. The third kappa shape index (κ3) is 5.39. The van der Waals surface area contributed by atoms with Crippen molar-refractivity contribution in [3.8, 4) is 17.2 Å². The van der Waals surface area contributed by atoms with Gasteiger partial charge < -0.3 is 20.5 Å². The number of nitrogens with two attached hydrogens (primary N) is 1. The Kier molecular flexibility index (Phi) is 5.60. The fourth-order valence-corrected chi connectivity index (χ4v) is 2.74. The number of aromatic nitrogens is 1. The molecule has 34 heavy (non-hydrogen) atoms. The van der Waals surface area contributed by atoms with E-state index < -0.39 is 65.0 Å². The minimum absolute atomic E-state index is 0.0106. The Morgan fingerprint density at radius 3 is 2.38 bits per heavy atom. The minimum atomic E-state index is -5.32. The van der Waals surface area contributed by atoms with E-state index in [1.165, 1.54) is 19.1 Å². The summed E-state index contributed by atoms with van der Waals surface area (Å²) >= 11 is 0. The zero-order valence-electron chi connectivity index (χ0n) is 20.1. The second kappa shape index (κ2) is 9.33. The van der Waals surface area contributed by atoms with Crippen molar-refractivity contribution in [1.82, 2.24) is 4.98 Å². The van der Waals surface area contributed by atoms with Crippen molar-refractivity contribution < 1.29 is 45.1 Å². The van der Waals surface area contributed by atoms with E-state index in [-0.39, 0.29) is 16.9 Å². The number of halogens is 5. The van der Waals surface area contributed by atoms with Gasteiger partial charge in [-0.1, -0.05) is 6.07 Å². The molecule has 0 spiro atoms. The van der Waals surface area contributed by atoms with E-state index in [9.17, 15) is 27.2 Å². The van der Waals surface area contributed by atoms with Crippen molar-refractivity contribution in [2.45, 2.75) is 20.1 Å². The van der Waals surface area contributed by atoms with Crippen LogP contribution in [0.2, 0.25) is 0 Å². The van der Waals surface area contributed by atoms with Gasteiger partial charge in [0.05, 0.1) is 0 Å². The summed E-state index contributed by atoms with van der Waals surface area (Å²) in [6.07, 6.45) is -4.17. The Morgan fingerprint density at radius 1 is 1.06 bits per heavy atom. The maximum Gasteiger partial charge on any atom is 0.573 e. The molecule has 0 saturated carbocycles. The van der Waals surface area contributed by atoms with E-state index in [1.54, 1.807) is 0 Å². The van der Waals surface area contributed by atoms with Crippen LogP contribution >= 0.6 is 0 Å². The Balaban J connectivity index is 2.07. The van der Waals surface area contributed by atoms with E-state index in [1.807, 2.05) is 0 Å². The molecule has 1 heterocycles. The Labute approximate surface area is 193 Å². The molecule has 2 aromatic carbocycles. The molecule has 0 aliphatic heterocycles. The molecule has 12 heteroatoms. The third-order valence-electron chi connectivity index (χ3n) is 4.31. The number of rotatable bonds is 6.